The summed E-state index contributed by atoms with van der Waals surface area (Å²) in [5.41, 5.74) is 2.74. The first-order valence-corrected chi connectivity index (χ1v) is 10.0. The highest BCUT2D eigenvalue weighted by Crippen LogP contribution is 2.29. The minimum Gasteiger partial charge on any atom is -0.466 e. The number of nitrogens with one attached hydrogen (secondary N) is 1. The number of carbonyl (C=O) groups excluding carboxylic acids is 2. The molecule has 7 heteroatoms. The third kappa shape index (κ3) is 4.14. The van der Waals surface area contributed by atoms with Crippen LogP contribution in [0, 0.1) is 13.8 Å². The number of hydrogen-bond donors (Lipinski definition) is 1. The van der Waals surface area contributed by atoms with E-state index in [0.29, 0.717) is 29.3 Å². The molecule has 0 atom stereocenters. The predicted molar refractivity (Wildman–Crippen MR) is 111 cm³/mol. The van der Waals surface area contributed by atoms with E-state index < -0.39 is 0 Å². The first-order valence-electron chi connectivity index (χ1n) is 9.16. The monoisotopic (exact) mass is 397 g/mol. The van der Waals surface area contributed by atoms with E-state index in [-0.39, 0.29) is 11.8 Å². The Hall–Kier alpha value is -2.93. The molecule has 0 fully saturated rings. The molecule has 3 aromatic rings. The van der Waals surface area contributed by atoms with Crippen molar-refractivity contribution < 1.29 is 14.0 Å². The zero-order valence-corrected chi connectivity index (χ0v) is 17.2. The van der Waals surface area contributed by atoms with Crippen molar-refractivity contribution in [1.29, 1.82) is 0 Å². The summed E-state index contributed by atoms with van der Waals surface area (Å²) in [4.78, 5) is 31.1. The summed E-state index contributed by atoms with van der Waals surface area (Å²) in [5, 5.41) is 5.21. The third-order valence-electron chi connectivity index (χ3n) is 4.49. The van der Waals surface area contributed by atoms with Crippen LogP contribution in [0.1, 0.15) is 46.1 Å². The summed E-state index contributed by atoms with van der Waals surface area (Å²) < 4.78 is 5.54. The van der Waals surface area contributed by atoms with Crippen molar-refractivity contribution in [3.8, 4) is 11.3 Å². The molecule has 2 aromatic heterocycles. The van der Waals surface area contributed by atoms with Gasteiger partial charge in [0.05, 0.1) is 5.69 Å². The Labute approximate surface area is 168 Å². The molecule has 0 aliphatic carbocycles. The maximum absolute atomic E-state index is 12.5. The Kier molecular flexibility index (Phi) is 5.94. The fourth-order valence-corrected chi connectivity index (χ4v) is 3.67. The Morgan fingerprint density at radius 1 is 1.11 bits per heavy atom. The van der Waals surface area contributed by atoms with Gasteiger partial charge in [0.15, 0.2) is 5.13 Å². The molecular weight excluding hydrogens is 374 g/mol. The van der Waals surface area contributed by atoms with E-state index in [4.69, 9.17) is 4.42 Å². The summed E-state index contributed by atoms with van der Waals surface area (Å²) in [5.74, 6) is 1.33. The van der Waals surface area contributed by atoms with Crippen LogP contribution >= 0.6 is 11.3 Å². The molecule has 0 aliphatic rings. The number of amides is 2. The third-order valence-corrected chi connectivity index (χ3v) is 5.24. The lowest BCUT2D eigenvalue weighted by Gasteiger charge is -2.18. The van der Waals surface area contributed by atoms with Crippen LogP contribution in [0.3, 0.4) is 0 Å². The SMILES string of the molecule is CCN(CC)C(=O)c1ccc(C(=O)Nc2nc(-c3cc(C)oc3C)cs2)cc1. The molecule has 2 heterocycles. The van der Waals surface area contributed by atoms with Crippen molar-refractivity contribution >= 4 is 28.3 Å². The van der Waals surface area contributed by atoms with Crippen molar-refractivity contribution in [2.45, 2.75) is 27.7 Å². The molecule has 0 bridgehead atoms. The summed E-state index contributed by atoms with van der Waals surface area (Å²) in [6, 6.07) is 8.61. The Balaban J connectivity index is 1.70. The van der Waals surface area contributed by atoms with Crippen LogP contribution in [0.4, 0.5) is 5.13 Å². The Bertz CT molecular complexity index is 985. The molecule has 0 radical (unpaired) electrons. The van der Waals surface area contributed by atoms with Crippen LogP contribution in [-0.2, 0) is 0 Å². The van der Waals surface area contributed by atoms with Gasteiger partial charge in [0.25, 0.3) is 11.8 Å². The highest BCUT2D eigenvalue weighted by molar-refractivity contribution is 7.14. The maximum atomic E-state index is 12.5. The van der Waals surface area contributed by atoms with Crippen LogP contribution in [0.15, 0.2) is 40.1 Å². The second-order valence-corrected chi connectivity index (χ2v) is 7.23. The standard InChI is InChI=1S/C21H23N3O3S/c1-5-24(6-2)20(26)16-9-7-15(8-10-16)19(25)23-21-22-18(12-28-21)17-11-13(3)27-14(17)4/h7-12H,5-6H2,1-4H3,(H,22,23,25). The van der Waals surface area contributed by atoms with E-state index in [9.17, 15) is 9.59 Å². The smallest absolute Gasteiger partial charge is 0.257 e. The van der Waals surface area contributed by atoms with Crippen LogP contribution in [0.25, 0.3) is 11.3 Å². The second kappa shape index (κ2) is 8.39. The fourth-order valence-electron chi connectivity index (χ4n) is 2.97. The van der Waals surface area contributed by atoms with Gasteiger partial charge in [0, 0.05) is 35.2 Å². The molecule has 0 saturated carbocycles. The average Bonchev–Trinajstić information content (AvgIpc) is 3.28. The molecule has 146 valence electrons. The van der Waals surface area contributed by atoms with Crippen molar-refractivity contribution in [2.24, 2.45) is 0 Å². The van der Waals surface area contributed by atoms with Crippen LogP contribution in [0.2, 0.25) is 0 Å². The van der Waals surface area contributed by atoms with Gasteiger partial charge in [-0.3, -0.25) is 14.9 Å². The topological polar surface area (TPSA) is 75.4 Å². The molecule has 2 amide bonds. The van der Waals surface area contributed by atoms with Gasteiger partial charge in [-0.2, -0.15) is 0 Å². The summed E-state index contributed by atoms with van der Waals surface area (Å²) in [7, 11) is 0. The van der Waals surface area contributed by atoms with Crippen molar-refractivity contribution in [1.82, 2.24) is 9.88 Å². The predicted octanol–water partition coefficient (Wildman–Crippen LogP) is 4.75. The zero-order valence-electron chi connectivity index (χ0n) is 16.4. The van der Waals surface area contributed by atoms with E-state index in [2.05, 4.69) is 10.3 Å². The lowest BCUT2D eigenvalue weighted by atomic mass is 10.1. The molecule has 0 spiro atoms. The number of hydrogen-bond acceptors (Lipinski definition) is 5. The van der Waals surface area contributed by atoms with Gasteiger partial charge in [0.1, 0.15) is 11.5 Å². The number of furan rings is 1. The molecule has 1 N–H and O–H groups in total. The van der Waals surface area contributed by atoms with E-state index in [1.54, 1.807) is 29.2 Å². The van der Waals surface area contributed by atoms with E-state index in [1.165, 1.54) is 11.3 Å². The van der Waals surface area contributed by atoms with Gasteiger partial charge in [0.2, 0.25) is 0 Å². The van der Waals surface area contributed by atoms with Gasteiger partial charge in [-0.05, 0) is 58.0 Å². The van der Waals surface area contributed by atoms with Crippen molar-refractivity contribution in [3.05, 3.63) is 58.4 Å². The molecule has 0 unspecified atom stereocenters. The summed E-state index contributed by atoms with van der Waals surface area (Å²) >= 11 is 1.36. The first kappa shape index (κ1) is 19.8. The normalized spacial score (nSPS) is 10.7. The van der Waals surface area contributed by atoms with Crippen LogP contribution in [-0.4, -0.2) is 34.8 Å². The molecule has 3 rings (SSSR count). The number of carbonyl (C=O) groups is 2. The second-order valence-electron chi connectivity index (χ2n) is 6.37. The summed E-state index contributed by atoms with van der Waals surface area (Å²) in [6.45, 7) is 8.97. The number of nitrogens with zero attached hydrogens (tertiary/aromatic N) is 2. The number of aryl methyl sites for hydroxylation is 2. The average molecular weight is 398 g/mol. The van der Waals surface area contributed by atoms with Gasteiger partial charge >= 0.3 is 0 Å². The molecule has 1 aromatic carbocycles. The fraction of sp³-hybridized carbons (Fsp3) is 0.286. The number of anilines is 1. The molecule has 28 heavy (non-hydrogen) atoms. The van der Waals surface area contributed by atoms with E-state index >= 15 is 0 Å². The zero-order chi connectivity index (χ0) is 20.3. The van der Waals surface area contributed by atoms with Crippen molar-refractivity contribution in [3.63, 3.8) is 0 Å². The first-order chi connectivity index (χ1) is 13.4. The van der Waals surface area contributed by atoms with Gasteiger partial charge in [-0.1, -0.05) is 0 Å². The Morgan fingerprint density at radius 2 is 1.75 bits per heavy atom. The highest BCUT2D eigenvalue weighted by atomic mass is 32.1. The van der Waals surface area contributed by atoms with Gasteiger partial charge in [-0.25, -0.2) is 4.98 Å². The number of thiazole rings is 1. The highest BCUT2D eigenvalue weighted by Gasteiger charge is 2.15. The Morgan fingerprint density at radius 3 is 2.32 bits per heavy atom. The lowest BCUT2D eigenvalue weighted by Crippen LogP contribution is -2.30. The number of benzene rings is 1. The molecule has 0 saturated heterocycles. The lowest BCUT2D eigenvalue weighted by molar-refractivity contribution is 0.0772. The minimum atomic E-state index is -0.261. The summed E-state index contributed by atoms with van der Waals surface area (Å²) in [6.07, 6.45) is 0. The van der Waals surface area contributed by atoms with Gasteiger partial charge in [-0.15, -0.1) is 11.3 Å². The molecule has 0 aliphatic heterocycles. The van der Waals surface area contributed by atoms with E-state index in [1.807, 2.05) is 39.1 Å². The van der Waals surface area contributed by atoms with Crippen molar-refractivity contribution in [2.75, 3.05) is 18.4 Å². The molecular formula is C21H23N3O3S. The number of aromatic nitrogens is 1. The maximum Gasteiger partial charge on any atom is 0.257 e. The minimum absolute atomic E-state index is 0.0349. The van der Waals surface area contributed by atoms with Gasteiger partial charge < -0.3 is 9.32 Å². The van der Waals surface area contributed by atoms with E-state index in [0.717, 1.165) is 22.8 Å². The largest absolute Gasteiger partial charge is 0.466 e. The quantitative estimate of drug-likeness (QED) is 0.651. The van der Waals surface area contributed by atoms with Crippen LogP contribution in [0.5, 0.6) is 0 Å². The number of rotatable bonds is 6. The van der Waals surface area contributed by atoms with Crippen LogP contribution < -0.4 is 5.32 Å². The molecule has 6 nitrogen and oxygen atoms in total.